The van der Waals surface area contributed by atoms with Crippen molar-refractivity contribution >= 4 is 11.3 Å². The summed E-state index contributed by atoms with van der Waals surface area (Å²) < 4.78 is 2.10. The summed E-state index contributed by atoms with van der Waals surface area (Å²) in [7, 11) is 0. The van der Waals surface area contributed by atoms with Crippen molar-refractivity contribution in [3.05, 3.63) is 30.2 Å². The molecule has 0 bridgehead atoms. The molecule has 0 aliphatic heterocycles. The summed E-state index contributed by atoms with van der Waals surface area (Å²) in [6.45, 7) is 0. The number of nitrogens with two attached hydrogens (primary N) is 1. The minimum Gasteiger partial charge on any atom is -0.382 e. The molecule has 0 radical (unpaired) electrons. The van der Waals surface area contributed by atoms with E-state index >= 15 is 0 Å². The van der Waals surface area contributed by atoms with Crippen molar-refractivity contribution in [2.75, 3.05) is 5.73 Å². The lowest BCUT2D eigenvalue weighted by Crippen LogP contribution is -1.90. The highest BCUT2D eigenvalue weighted by molar-refractivity contribution is 5.66. The molecule has 0 atom stereocenters. The number of hydrogen-bond donors (Lipinski definition) is 1. The molecule has 1 aliphatic carbocycles. The molecular formula is C10H11N3. The molecule has 3 rings (SSSR count). The molecule has 2 aromatic rings. The zero-order valence-electron chi connectivity index (χ0n) is 7.27. The van der Waals surface area contributed by atoms with Crippen LogP contribution in [0.2, 0.25) is 0 Å². The third-order valence-corrected chi connectivity index (χ3v) is 2.55. The topological polar surface area (TPSA) is 43.3 Å². The molecule has 13 heavy (non-hydrogen) atoms. The molecule has 0 amide bonds. The molecule has 0 saturated heterocycles. The van der Waals surface area contributed by atoms with E-state index in [9.17, 15) is 0 Å². The van der Waals surface area contributed by atoms with E-state index < -0.39 is 0 Å². The van der Waals surface area contributed by atoms with Gasteiger partial charge >= 0.3 is 0 Å². The van der Waals surface area contributed by atoms with Crippen LogP contribution < -0.4 is 5.73 Å². The molecule has 3 heteroatoms. The summed E-state index contributed by atoms with van der Waals surface area (Å²) in [5.74, 6) is 2.43. The molecule has 2 heterocycles. The van der Waals surface area contributed by atoms with Crippen LogP contribution in [0.1, 0.15) is 24.6 Å². The van der Waals surface area contributed by atoms with E-state index in [1.807, 2.05) is 24.4 Å². The van der Waals surface area contributed by atoms with Crippen molar-refractivity contribution in [2.24, 2.45) is 0 Å². The Balaban J connectivity index is 2.34. The fourth-order valence-electron chi connectivity index (χ4n) is 1.72. The Morgan fingerprint density at radius 3 is 3.00 bits per heavy atom. The van der Waals surface area contributed by atoms with Crippen molar-refractivity contribution in [3.8, 4) is 0 Å². The highest BCUT2D eigenvalue weighted by Gasteiger charge is 2.28. The van der Waals surface area contributed by atoms with Crippen LogP contribution in [-0.4, -0.2) is 9.38 Å². The minimum absolute atomic E-state index is 0.646. The van der Waals surface area contributed by atoms with Gasteiger partial charge in [0.15, 0.2) is 0 Å². The summed E-state index contributed by atoms with van der Waals surface area (Å²) in [4.78, 5) is 4.39. The Labute approximate surface area is 76.2 Å². The smallest absolute Gasteiger partial charge is 0.149 e. The number of nitrogens with zero attached hydrogens (tertiary/aromatic N) is 2. The number of imidazole rings is 1. The van der Waals surface area contributed by atoms with Crippen LogP contribution in [0.4, 0.5) is 5.82 Å². The summed E-state index contributed by atoms with van der Waals surface area (Å²) >= 11 is 0. The molecular weight excluding hydrogens is 162 g/mol. The van der Waals surface area contributed by atoms with E-state index in [0.29, 0.717) is 11.7 Å². The van der Waals surface area contributed by atoms with Crippen molar-refractivity contribution in [3.63, 3.8) is 0 Å². The highest BCUT2D eigenvalue weighted by atomic mass is 15.1. The molecule has 0 spiro atoms. The number of fused-ring (bicyclic) bond motifs is 1. The van der Waals surface area contributed by atoms with Crippen molar-refractivity contribution in [1.29, 1.82) is 0 Å². The van der Waals surface area contributed by atoms with Gasteiger partial charge in [-0.1, -0.05) is 6.07 Å². The first-order valence-corrected chi connectivity index (χ1v) is 4.59. The van der Waals surface area contributed by atoms with Gasteiger partial charge in [-0.05, 0) is 25.0 Å². The first-order chi connectivity index (χ1) is 6.36. The number of aromatic nitrogens is 2. The van der Waals surface area contributed by atoms with Crippen LogP contribution >= 0.6 is 0 Å². The van der Waals surface area contributed by atoms with E-state index in [2.05, 4.69) is 9.38 Å². The molecule has 1 saturated carbocycles. The van der Waals surface area contributed by atoms with Gasteiger partial charge < -0.3 is 10.1 Å². The lowest BCUT2D eigenvalue weighted by atomic mass is 10.4. The monoisotopic (exact) mass is 173 g/mol. The summed E-state index contributed by atoms with van der Waals surface area (Å²) in [6.07, 6.45) is 4.55. The second-order valence-electron chi connectivity index (χ2n) is 3.59. The largest absolute Gasteiger partial charge is 0.382 e. The third kappa shape index (κ3) is 0.932. The maximum Gasteiger partial charge on any atom is 0.149 e. The molecule has 66 valence electrons. The molecule has 0 aromatic carbocycles. The van der Waals surface area contributed by atoms with Crippen LogP contribution in [0, 0.1) is 0 Å². The number of pyridine rings is 1. The predicted octanol–water partition coefficient (Wildman–Crippen LogP) is 1.79. The Morgan fingerprint density at radius 2 is 2.23 bits per heavy atom. The van der Waals surface area contributed by atoms with Crippen LogP contribution in [0.15, 0.2) is 24.4 Å². The number of nitrogen functional groups attached to an aromatic ring is 1. The average Bonchev–Trinajstić information content (AvgIpc) is 2.94. The minimum atomic E-state index is 0.646. The molecule has 3 nitrogen and oxygen atoms in total. The Bertz CT molecular complexity index is 454. The van der Waals surface area contributed by atoms with Gasteiger partial charge in [0.25, 0.3) is 0 Å². The summed E-state index contributed by atoms with van der Waals surface area (Å²) in [5, 5.41) is 0. The highest BCUT2D eigenvalue weighted by Crippen LogP contribution is 2.40. The average molecular weight is 173 g/mol. The zero-order chi connectivity index (χ0) is 8.84. The molecule has 1 aliphatic rings. The standard InChI is InChI=1S/C10H11N3/c11-9-8-3-1-2-6-13(8)10(12-9)7-4-5-7/h1-3,6-7H,4-5,11H2. The van der Waals surface area contributed by atoms with Gasteiger partial charge in [0.2, 0.25) is 0 Å². The van der Waals surface area contributed by atoms with Crippen molar-refractivity contribution in [1.82, 2.24) is 9.38 Å². The zero-order valence-corrected chi connectivity index (χ0v) is 7.27. The first kappa shape index (κ1) is 6.95. The SMILES string of the molecule is Nc1nc(C2CC2)n2ccccc12. The molecule has 0 unspecified atom stereocenters. The van der Waals surface area contributed by atoms with Gasteiger partial charge in [0.05, 0.1) is 5.52 Å². The predicted molar refractivity (Wildman–Crippen MR) is 51.6 cm³/mol. The van der Waals surface area contributed by atoms with Gasteiger partial charge in [0.1, 0.15) is 11.6 Å². The van der Waals surface area contributed by atoms with Crippen molar-refractivity contribution < 1.29 is 0 Å². The molecule has 2 N–H and O–H groups in total. The quantitative estimate of drug-likeness (QED) is 0.714. The Morgan fingerprint density at radius 1 is 1.38 bits per heavy atom. The van der Waals surface area contributed by atoms with Crippen LogP contribution in [0.25, 0.3) is 5.52 Å². The first-order valence-electron chi connectivity index (χ1n) is 4.59. The fraction of sp³-hybridized carbons (Fsp3) is 0.300. The van der Waals surface area contributed by atoms with Gasteiger partial charge in [0, 0.05) is 12.1 Å². The maximum absolute atomic E-state index is 5.81. The number of rotatable bonds is 1. The summed E-state index contributed by atoms with van der Waals surface area (Å²) in [6, 6.07) is 6.01. The number of anilines is 1. The maximum atomic E-state index is 5.81. The van der Waals surface area contributed by atoms with Gasteiger partial charge in [-0.25, -0.2) is 4.98 Å². The van der Waals surface area contributed by atoms with E-state index in [1.165, 1.54) is 12.8 Å². The Hall–Kier alpha value is -1.51. The van der Waals surface area contributed by atoms with Crippen molar-refractivity contribution in [2.45, 2.75) is 18.8 Å². The second kappa shape index (κ2) is 2.25. The van der Waals surface area contributed by atoms with Crippen LogP contribution in [0.5, 0.6) is 0 Å². The molecule has 2 aromatic heterocycles. The second-order valence-corrected chi connectivity index (χ2v) is 3.59. The van der Waals surface area contributed by atoms with E-state index in [-0.39, 0.29) is 0 Å². The van der Waals surface area contributed by atoms with Gasteiger partial charge in [-0.15, -0.1) is 0 Å². The lowest BCUT2D eigenvalue weighted by Gasteiger charge is -1.96. The summed E-state index contributed by atoms with van der Waals surface area (Å²) in [5.41, 5.74) is 6.84. The lowest BCUT2D eigenvalue weighted by molar-refractivity contribution is 0.922. The van der Waals surface area contributed by atoms with Crippen LogP contribution in [-0.2, 0) is 0 Å². The van der Waals surface area contributed by atoms with E-state index in [0.717, 1.165) is 11.3 Å². The molecule has 1 fully saturated rings. The van der Waals surface area contributed by atoms with Gasteiger partial charge in [-0.3, -0.25) is 0 Å². The number of hydrogen-bond acceptors (Lipinski definition) is 2. The third-order valence-electron chi connectivity index (χ3n) is 2.55. The fourth-order valence-corrected chi connectivity index (χ4v) is 1.72. The normalized spacial score (nSPS) is 16.6. The van der Waals surface area contributed by atoms with Crippen LogP contribution in [0.3, 0.4) is 0 Å². The van der Waals surface area contributed by atoms with E-state index in [4.69, 9.17) is 5.73 Å². The van der Waals surface area contributed by atoms with Gasteiger partial charge in [-0.2, -0.15) is 0 Å². The van der Waals surface area contributed by atoms with E-state index in [1.54, 1.807) is 0 Å². The Kier molecular flexibility index (Phi) is 1.20.